The molecule has 0 unspecified atom stereocenters. The van der Waals surface area contributed by atoms with Crippen molar-refractivity contribution in [3.05, 3.63) is 29.8 Å². The molecule has 1 rings (SSSR count). The van der Waals surface area contributed by atoms with E-state index in [2.05, 4.69) is 0 Å². The average Bonchev–Trinajstić information content (AvgIpc) is 2.36. The predicted octanol–water partition coefficient (Wildman–Crippen LogP) is 1.46. The van der Waals surface area contributed by atoms with Gasteiger partial charge in [-0.15, -0.1) is 0 Å². The van der Waals surface area contributed by atoms with Crippen molar-refractivity contribution in [2.75, 3.05) is 5.75 Å². The fourth-order valence-corrected chi connectivity index (χ4v) is 2.86. The molecule has 1 aromatic carbocycles. The molecular formula is C13H16O5S. The second-order valence-corrected chi connectivity index (χ2v) is 6.18. The van der Waals surface area contributed by atoms with E-state index in [4.69, 9.17) is 5.11 Å². The topological polar surface area (TPSA) is 88.5 Å². The number of carbonyl (C=O) groups is 2. The first-order valence-electron chi connectivity index (χ1n) is 5.90. The summed E-state index contributed by atoms with van der Waals surface area (Å²) in [6.07, 6.45) is 0.542. The number of hydrogen-bond donors (Lipinski definition) is 1. The van der Waals surface area contributed by atoms with Crippen LogP contribution in [0.25, 0.3) is 0 Å². The monoisotopic (exact) mass is 284 g/mol. The zero-order valence-electron chi connectivity index (χ0n) is 10.6. The number of sulfone groups is 1. The van der Waals surface area contributed by atoms with E-state index in [9.17, 15) is 18.0 Å². The summed E-state index contributed by atoms with van der Waals surface area (Å²) in [6.45, 7) is 1.62. The van der Waals surface area contributed by atoms with Crippen LogP contribution in [-0.4, -0.2) is 31.0 Å². The van der Waals surface area contributed by atoms with Crippen LogP contribution in [0.15, 0.2) is 29.2 Å². The van der Waals surface area contributed by atoms with Crippen LogP contribution in [0, 0.1) is 0 Å². The highest BCUT2D eigenvalue weighted by Crippen LogP contribution is 2.14. The smallest absolute Gasteiger partial charge is 0.303 e. The summed E-state index contributed by atoms with van der Waals surface area (Å²) in [6, 6.07) is 5.98. The minimum Gasteiger partial charge on any atom is -0.481 e. The van der Waals surface area contributed by atoms with Crippen LogP contribution >= 0.6 is 0 Å². The summed E-state index contributed by atoms with van der Waals surface area (Å²) in [7, 11) is -3.59. The van der Waals surface area contributed by atoms with Crippen molar-refractivity contribution in [2.45, 2.75) is 31.1 Å². The summed E-state index contributed by atoms with van der Waals surface area (Å²) in [4.78, 5) is 21.7. The van der Waals surface area contributed by atoms with Crippen LogP contribution in [-0.2, 0) is 25.8 Å². The van der Waals surface area contributed by atoms with E-state index in [1.807, 2.05) is 0 Å². The lowest BCUT2D eigenvalue weighted by atomic mass is 10.1. The molecule has 0 aliphatic carbocycles. The predicted molar refractivity (Wildman–Crippen MR) is 69.7 cm³/mol. The highest BCUT2D eigenvalue weighted by Gasteiger charge is 2.17. The quantitative estimate of drug-likeness (QED) is 0.818. The molecule has 1 aromatic rings. The molecule has 1 N–H and O–H groups in total. The van der Waals surface area contributed by atoms with Gasteiger partial charge in [-0.1, -0.05) is 19.1 Å². The van der Waals surface area contributed by atoms with Crippen LogP contribution in [0.4, 0.5) is 0 Å². The highest BCUT2D eigenvalue weighted by molar-refractivity contribution is 7.92. The van der Waals surface area contributed by atoms with E-state index in [1.54, 1.807) is 19.1 Å². The van der Waals surface area contributed by atoms with Crippen molar-refractivity contribution in [3.63, 3.8) is 0 Å². The molecule has 6 heteroatoms. The number of ketones is 1. The maximum absolute atomic E-state index is 11.9. The van der Waals surface area contributed by atoms with Gasteiger partial charge in [0.05, 0.1) is 4.90 Å². The normalized spacial score (nSPS) is 11.2. The first kappa shape index (κ1) is 15.4. The molecule has 0 heterocycles. The number of rotatable bonds is 7. The van der Waals surface area contributed by atoms with Gasteiger partial charge in [0.1, 0.15) is 11.5 Å². The molecule has 104 valence electrons. The molecule has 0 saturated carbocycles. The van der Waals surface area contributed by atoms with E-state index in [0.29, 0.717) is 6.42 Å². The zero-order chi connectivity index (χ0) is 14.5. The van der Waals surface area contributed by atoms with Gasteiger partial charge in [-0.05, 0) is 24.1 Å². The van der Waals surface area contributed by atoms with Crippen molar-refractivity contribution in [2.24, 2.45) is 0 Å². The Hall–Kier alpha value is -1.69. The molecule has 0 radical (unpaired) electrons. The number of aryl methyl sites for hydroxylation is 1. The number of aliphatic carboxylic acids is 1. The number of Topliss-reactive ketones (excluding diaryl/α,β-unsaturated/α-hetero) is 1. The third-order valence-electron chi connectivity index (χ3n) is 2.66. The summed E-state index contributed by atoms with van der Waals surface area (Å²) in [5, 5.41) is 8.55. The maximum Gasteiger partial charge on any atom is 0.303 e. The van der Waals surface area contributed by atoms with Crippen LogP contribution in [0.5, 0.6) is 0 Å². The first-order chi connectivity index (χ1) is 8.85. The Balaban J connectivity index is 2.80. The van der Waals surface area contributed by atoms with Crippen molar-refractivity contribution in [1.82, 2.24) is 0 Å². The van der Waals surface area contributed by atoms with E-state index in [0.717, 1.165) is 5.56 Å². The Bertz CT molecular complexity index is 557. The summed E-state index contributed by atoms with van der Waals surface area (Å²) in [5.74, 6) is -1.71. The largest absolute Gasteiger partial charge is 0.481 e. The van der Waals surface area contributed by atoms with Gasteiger partial charge in [-0.3, -0.25) is 9.59 Å². The maximum atomic E-state index is 11.9. The van der Waals surface area contributed by atoms with Crippen LogP contribution < -0.4 is 0 Å². The van der Waals surface area contributed by atoms with E-state index >= 15 is 0 Å². The Kier molecular flexibility index (Phi) is 5.23. The number of hydrogen-bond acceptors (Lipinski definition) is 4. The van der Waals surface area contributed by atoms with Crippen LogP contribution in [0.2, 0.25) is 0 Å². The molecule has 5 nitrogen and oxygen atoms in total. The second kappa shape index (κ2) is 6.47. The molecule has 0 aliphatic heterocycles. The number of benzene rings is 1. The Labute approximate surface area is 112 Å². The van der Waals surface area contributed by atoms with E-state index < -0.39 is 21.6 Å². The van der Waals surface area contributed by atoms with E-state index in [1.165, 1.54) is 12.1 Å². The molecule has 0 fully saturated rings. The van der Waals surface area contributed by atoms with Crippen molar-refractivity contribution in [3.8, 4) is 0 Å². The molecule has 0 bridgehead atoms. The second-order valence-electron chi connectivity index (χ2n) is 4.19. The van der Waals surface area contributed by atoms with Gasteiger partial charge in [-0.25, -0.2) is 8.42 Å². The Morgan fingerprint density at radius 2 is 1.74 bits per heavy atom. The highest BCUT2D eigenvalue weighted by atomic mass is 32.2. The summed E-state index contributed by atoms with van der Waals surface area (Å²) < 4.78 is 23.7. The minimum absolute atomic E-state index is 0.000414. The van der Waals surface area contributed by atoms with Crippen molar-refractivity contribution in [1.29, 1.82) is 0 Å². The molecular weight excluding hydrogens is 268 g/mol. The lowest BCUT2D eigenvalue weighted by Crippen LogP contribution is -2.15. The molecule has 0 aliphatic rings. The standard InChI is InChI=1S/C13H16O5S/c1-2-11(14)9-19(17,18)12-6-3-10(4-7-12)5-8-13(15)16/h3-4,6-7H,2,5,8-9H2,1H3,(H,15,16). The first-order valence-corrected chi connectivity index (χ1v) is 7.55. The Morgan fingerprint density at radius 1 is 1.16 bits per heavy atom. The summed E-state index contributed by atoms with van der Waals surface area (Å²) in [5.41, 5.74) is 0.753. The molecule has 0 saturated heterocycles. The van der Waals surface area contributed by atoms with Crippen LogP contribution in [0.3, 0.4) is 0 Å². The fraction of sp³-hybridized carbons (Fsp3) is 0.385. The van der Waals surface area contributed by atoms with Crippen molar-refractivity contribution < 1.29 is 23.1 Å². The molecule has 0 aromatic heterocycles. The van der Waals surface area contributed by atoms with Gasteiger partial charge >= 0.3 is 5.97 Å². The average molecular weight is 284 g/mol. The Morgan fingerprint density at radius 3 is 2.21 bits per heavy atom. The molecule has 0 spiro atoms. The molecule has 0 atom stereocenters. The lowest BCUT2D eigenvalue weighted by Gasteiger charge is -2.04. The van der Waals surface area contributed by atoms with Gasteiger partial charge in [0.2, 0.25) is 0 Å². The molecule has 0 amide bonds. The molecule has 19 heavy (non-hydrogen) atoms. The number of carboxylic acids is 1. The minimum atomic E-state index is -3.59. The SMILES string of the molecule is CCC(=O)CS(=O)(=O)c1ccc(CCC(=O)O)cc1. The van der Waals surface area contributed by atoms with Gasteiger partial charge < -0.3 is 5.11 Å². The number of carboxylic acid groups (broad SMARTS) is 1. The third kappa shape index (κ3) is 4.82. The van der Waals surface area contributed by atoms with Gasteiger partial charge in [0, 0.05) is 12.8 Å². The van der Waals surface area contributed by atoms with Crippen molar-refractivity contribution >= 4 is 21.6 Å². The summed E-state index contributed by atoms with van der Waals surface area (Å²) >= 11 is 0. The zero-order valence-corrected chi connectivity index (χ0v) is 11.4. The van der Waals surface area contributed by atoms with Gasteiger partial charge in [0.25, 0.3) is 0 Å². The van der Waals surface area contributed by atoms with Gasteiger partial charge in [-0.2, -0.15) is 0 Å². The number of carbonyl (C=O) groups excluding carboxylic acids is 1. The van der Waals surface area contributed by atoms with Gasteiger partial charge in [0.15, 0.2) is 9.84 Å². The third-order valence-corrected chi connectivity index (χ3v) is 4.35. The lowest BCUT2D eigenvalue weighted by molar-refractivity contribution is -0.137. The van der Waals surface area contributed by atoms with Crippen LogP contribution in [0.1, 0.15) is 25.3 Å². The van der Waals surface area contributed by atoms with E-state index in [-0.39, 0.29) is 23.5 Å². The fourth-order valence-electron chi connectivity index (χ4n) is 1.51.